The number of morpholine rings is 1. The van der Waals surface area contributed by atoms with Gasteiger partial charge in [0.15, 0.2) is 0 Å². The predicted octanol–water partition coefficient (Wildman–Crippen LogP) is 3.85. The summed E-state index contributed by atoms with van der Waals surface area (Å²) in [6.07, 6.45) is 5.03. The minimum absolute atomic E-state index is 0.255. The van der Waals surface area contributed by atoms with Crippen LogP contribution in [0.15, 0.2) is 22.8 Å². The number of furan rings is 1. The molecule has 2 saturated carbocycles. The molecule has 1 N–H and O–H groups in total. The van der Waals surface area contributed by atoms with Crippen LogP contribution in [0, 0.1) is 5.92 Å². The number of alkyl halides is 3. The fraction of sp³-hybridized carbons (Fsp3) is 0.750. The first-order valence-corrected chi connectivity index (χ1v) is 10.1. The number of hydrogen-bond donors (Lipinski definition) is 1. The molecule has 2 aliphatic carbocycles. The number of rotatable bonds is 5. The summed E-state index contributed by atoms with van der Waals surface area (Å²) in [5, 5.41) is 7.12. The smallest absolute Gasteiger partial charge is 0.475 e. The number of nitrogens with zero attached hydrogens (tertiary/aromatic N) is 1. The average molecular weight is 419 g/mol. The van der Waals surface area contributed by atoms with E-state index < -0.39 is 12.1 Å². The number of halogens is 3. The van der Waals surface area contributed by atoms with Crippen molar-refractivity contribution in [3.05, 3.63) is 24.2 Å². The maximum absolute atomic E-state index is 10.6. The van der Waals surface area contributed by atoms with Crippen LogP contribution in [0.5, 0.6) is 0 Å². The summed E-state index contributed by atoms with van der Waals surface area (Å²) in [7, 11) is 0. The van der Waals surface area contributed by atoms with Crippen molar-refractivity contribution in [3.63, 3.8) is 0 Å². The highest BCUT2D eigenvalue weighted by atomic mass is 19.4. The molecule has 6 nitrogen and oxygen atoms in total. The number of carboxylic acids is 1. The van der Waals surface area contributed by atoms with Gasteiger partial charge in [0.2, 0.25) is 0 Å². The molecule has 4 rings (SSSR count). The number of aliphatic carboxylic acids is 1. The van der Waals surface area contributed by atoms with Crippen LogP contribution in [0.4, 0.5) is 13.2 Å². The van der Waals surface area contributed by atoms with Gasteiger partial charge < -0.3 is 19.0 Å². The van der Waals surface area contributed by atoms with E-state index in [1.54, 1.807) is 6.26 Å². The summed E-state index contributed by atoms with van der Waals surface area (Å²) < 4.78 is 49.6. The maximum Gasteiger partial charge on any atom is 0.490 e. The summed E-state index contributed by atoms with van der Waals surface area (Å²) in [4.78, 5) is 11.4. The Labute approximate surface area is 167 Å². The molecule has 0 amide bonds. The molecule has 0 unspecified atom stereocenters. The minimum Gasteiger partial charge on any atom is -0.475 e. The van der Waals surface area contributed by atoms with E-state index in [9.17, 15) is 13.2 Å². The van der Waals surface area contributed by atoms with Gasteiger partial charge in [-0.25, -0.2) is 4.79 Å². The Kier molecular flexibility index (Phi) is 7.59. The lowest BCUT2D eigenvalue weighted by atomic mass is 10.1. The van der Waals surface area contributed by atoms with E-state index in [1.807, 2.05) is 6.07 Å². The highest BCUT2D eigenvalue weighted by Gasteiger charge is 2.43. The van der Waals surface area contributed by atoms with Crippen LogP contribution in [-0.2, 0) is 20.8 Å². The lowest BCUT2D eigenvalue weighted by Crippen LogP contribution is -2.51. The molecule has 3 fully saturated rings. The van der Waals surface area contributed by atoms with E-state index in [2.05, 4.69) is 11.0 Å². The zero-order valence-corrected chi connectivity index (χ0v) is 16.3. The van der Waals surface area contributed by atoms with Gasteiger partial charge in [-0.15, -0.1) is 0 Å². The number of carbonyl (C=O) groups is 1. The molecule has 3 aliphatic rings. The highest BCUT2D eigenvalue weighted by molar-refractivity contribution is 5.73. The third kappa shape index (κ3) is 6.20. The SMILES string of the molecule is O=C(O)C(F)(F)F.c1coc(CN2CCO[C@H]3[C@H](OCC4CCCC4)CC[C@@H]32)c1. The molecule has 29 heavy (non-hydrogen) atoms. The molecular formula is C20H28F3NO5. The summed E-state index contributed by atoms with van der Waals surface area (Å²) in [5.41, 5.74) is 0. The van der Waals surface area contributed by atoms with Crippen molar-refractivity contribution in [2.45, 2.75) is 69.5 Å². The molecule has 3 atom stereocenters. The van der Waals surface area contributed by atoms with Gasteiger partial charge in [-0.2, -0.15) is 13.2 Å². The number of ether oxygens (including phenoxy) is 2. The van der Waals surface area contributed by atoms with Crippen molar-refractivity contribution in [3.8, 4) is 0 Å². The van der Waals surface area contributed by atoms with Crippen LogP contribution in [0.3, 0.4) is 0 Å². The zero-order valence-electron chi connectivity index (χ0n) is 16.3. The first-order valence-electron chi connectivity index (χ1n) is 10.1. The van der Waals surface area contributed by atoms with E-state index >= 15 is 0 Å². The van der Waals surface area contributed by atoms with Crippen molar-refractivity contribution in [2.24, 2.45) is 5.92 Å². The molecule has 0 spiro atoms. The van der Waals surface area contributed by atoms with E-state index in [-0.39, 0.29) is 6.10 Å². The third-order valence-electron chi connectivity index (χ3n) is 5.85. The van der Waals surface area contributed by atoms with Crippen LogP contribution in [0.25, 0.3) is 0 Å². The van der Waals surface area contributed by atoms with Gasteiger partial charge in [0, 0.05) is 19.2 Å². The van der Waals surface area contributed by atoms with Gasteiger partial charge in [-0.1, -0.05) is 12.8 Å². The second-order valence-corrected chi connectivity index (χ2v) is 7.86. The summed E-state index contributed by atoms with van der Waals surface area (Å²) in [6.45, 7) is 3.64. The fourth-order valence-corrected chi connectivity index (χ4v) is 4.41. The third-order valence-corrected chi connectivity index (χ3v) is 5.85. The monoisotopic (exact) mass is 419 g/mol. The summed E-state index contributed by atoms with van der Waals surface area (Å²) >= 11 is 0. The van der Waals surface area contributed by atoms with Gasteiger partial charge in [0.25, 0.3) is 0 Å². The van der Waals surface area contributed by atoms with Gasteiger partial charge >= 0.3 is 12.1 Å². The lowest BCUT2D eigenvalue weighted by Gasteiger charge is -2.38. The Morgan fingerprint density at radius 3 is 2.59 bits per heavy atom. The standard InChI is InChI=1S/C18H27NO3.C2HF3O2/c1-2-5-14(4-1)13-22-17-8-7-16-18(17)21-11-9-19(16)12-15-6-3-10-20-15;3-2(4,5)1(6)7/h3,6,10,14,16-18H,1-2,4-5,7-9,11-13H2;(H,6,7)/t16-,17+,18+;/m0./s1. The van der Waals surface area contributed by atoms with Crippen molar-refractivity contribution < 1.29 is 37.0 Å². The Morgan fingerprint density at radius 2 is 1.97 bits per heavy atom. The van der Waals surface area contributed by atoms with Crippen molar-refractivity contribution >= 4 is 5.97 Å². The minimum atomic E-state index is -5.08. The fourth-order valence-electron chi connectivity index (χ4n) is 4.41. The quantitative estimate of drug-likeness (QED) is 0.782. The zero-order chi connectivity index (χ0) is 20.9. The topological polar surface area (TPSA) is 72.1 Å². The molecule has 1 aliphatic heterocycles. The van der Waals surface area contributed by atoms with Crippen LogP contribution in [0.2, 0.25) is 0 Å². The molecule has 1 saturated heterocycles. The normalized spacial score (nSPS) is 28.0. The van der Waals surface area contributed by atoms with Crippen molar-refractivity contribution in [1.82, 2.24) is 4.90 Å². The van der Waals surface area contributed by atoms with Crippen LogP contribution >= 0.6 is 0 Å². The second-order valence-electron chi connectivity index (χ2n) is 7.86. The van der Waals surface area contributed by atoms with Gasteiger partial charge in [-0.3, -0.25) is 4.90 Å². The first-order chi connectivity index (χ1) is 13.8. The number of hydrogen-bond acceptors (Lipinski definition) is 5. The molecular weight excluding hydrogens is 391 g/mol. The Bertz CT molecular complexity index is 631. The van der Waals surface area contributed by atoms with Crippen LogP contribution < -0.4 is 0 Å². The molecule has 1 aromatic heterocycles. The molecule has 164 valence electrons. The Morgan fingerprint density at radius 1 is 1.24 bits per heavy atom. The van der Waals surface area contributed by atoms with E-state index in [4.69, 9.17) is 23.8 Å². The van der Waals surface area contributed by atoms with Crippen LogP contribution in [0.1, 0.15) is 44.3 Å². The number of fused-ring (bicyclic) bond motifs is 1. The van der Waals surface area contributed by atoms with E-state index in [0.717, 1.165) is 44.4 Å². The molecule has 0 aromatic carbocycles. The second kappa shape index (κ2) is 9.95. The van der Waals surface area contributed by atoms with Gasteiger partial charge in [0.1, 0.15) is 5.76 Å². The summed E-state index contributed by atoms with van der Waals surface area (Å²) in [6, 6.07) is 4.52. The number of carboxylic acid groups (broad SMARTS) is 1. The highest BCUT2D eigenvalue weighted by Crippen LogP contribution is 2.34. The van der Waals surface area contributed by atoms with Gasteiger partial charge in [0.05, 0.1) is 31.6 Å². The molecule has 9 heteroatoms. The van der Waals surface area contributed by atoms with E-state index in [0.29, 0.717) is 12.1 Å². The summed E-state index contributed by atoms with van der Waals surface area (Å²) in [5.74, 6) is -0.912. The molecule has 1 aromatic rings. The van der Waals surface area contributed by atoms with E-state index in [1.165, 1.54) is 32.1 Å². The Hall–Kier alpha value is -1.58. The largest absolute Gasteiger partial charge is 0.490 e. The average Bonchev–Trinajstić information content (AvgIpc) is 3.42. The van der Waals surface area contributed by atoms with Gasteiger partial charge in [-0.05, 0) is 43.7 Å². The molecule has 2 heterocycles. The molecule has 0 radical (unpaired) electrons. The molecule has 0 bridgehead atoms. The maximum atomic E-state index is 10.6. The van der Waals surface area contributed by atoms with Crippen LogP contribution in [-0.4, -0.2) is 60.2 Å². The first kappa shape index (κ1) is 22.1. The van der Waals surface area contributed by atoms with Crippen molar-refractivity contribution in [1.29, 1.82) is 0 Å². The van der Waals surface area contributed by atoms with Crippen molar-refractivity contribution in [2.75, 3.05) is 19.8 Å². The lowest BCUT2D eigenvalue weighted by molar-refractivity contribution is -0.192. The Balaban J connectivity index is 0.000000298. The predicted molar refractivity (Wildman–Crippen MR) is 97.3 cm³/mol.